The number of nitrogens with zero attached hydrogens (tertiary/aromatic N) is 1. The zero-order valence-corrected chi connectivity index (χ0v) is 17.2. The maximum Gasteiger partial charge on any atom is 0 e. The minimum absolute atomic E-state index is 0. The van der Waals surface area contributed by atoms with E-state index in [4.69, 9.17) is 0 Å². The van der Waals surface area contributed by atoms with Crippen LogP contribution in [-0.4, -0.2) is 13.1 Å². The predicted molar refractivity (Wildman–Crippen MR) is 98.3 cm³/mol. The van der Waals surface area contributed by atoms with Crippen LogP contribution in [0.3, 0.4) is 0 Å². The van der Waals surface area contributed by atoms with Crippen LogP contribution in [0.15, 0.2) is 0 Å². The molecule has 0 aromatic rings. The second-order valence-corrected chi connectivity index (χ2v) is 6.62. The van der Waals surface area contributed by atoms with Crippen LogP contribution in [0.2, 0.25) is 0 Å². The molecule has 0 radical (unpaired) electrons. The van der Waals surface area contributed by atoms with Crippen LogP contribution in [0, 0.1) is 0 Å². The molecule has 0 aliphatic carbocycles. The summed E-state index contributed by atoms with van der Waals surface area (Å²) in [5.74, 6) is 0. The number of unbranched alkanes of at least 4 members (excludes halogenated alkanes) is 14. The maximum absolute atomic E-state index is 4.67. The van der Waals surface area contributed by atoms with Gasteiger partial charge in [0.25, 0.3) is 0 Å². The van der Waals surface area contributed by atoms with Crippen molar-refractivity contribution in [2.45, 2.75) is 117 Å². The van der Waals surface area contributed by atoms with Crippen LogP contribution in [0.4, 0.5) is 0 Å². The first-order chi connectivity index (χ1) is 10.4. The van der Waals surface area contributed by atoms with E-state index >= 15 is 0 Å². The van der Waals surface area contributed by atoms with Crippen molar-refractivity contribution >= 4 is 0 Å². The second-order valence-electron chi connectivity index (χ2n) is 6.62. The van der Waals surface area contributed by atoms with Gasteiger partial charge in [-0.05, 0) is 0 Å². The van der Waals surface area contributed by atoms with E-state index in [9.17, 15) is 0 Å². The average Bonchev–Trinajstić information content (AvgIpc) is 2.50. The molecular weight excluding hydrogens is 302 g/mol. The third-order valence-corrected chi connectivity index (χ3v) is 4.34. The van der Waals surface area contributed by atoms with Crippen LogP contribution in [0.5, 0.6) is 0 Å². The minimum atomic E-state index is 0. The van der Waals surface area contributed by atoms with Crippen molar-refractivity contribution in [2.24, 2.45) is 0 Å². The molecule has 0 atom stereocenters. The SMILES string of the molecule is CCCCCCCCCC[N-]CCCCCCCCCC.[Ti]. The summed E-state index contributed by atoms with van der Waals surface area (Å²) in [5.41, 5.74) is 0. The molecule has 0 saturated heterocycles. The molecule has 2 heteroatoms. The summed E-state index contributed by atoms with van der Waals surface area (Å²) >= 11 is 0. The van der Waals surface area contributed by atoms with Crippen molar-refractivity contribution in [3.63, 3.8) is 0 Å². The molecular formula is C20H42NTi-. The Kier molecular flexibility index (Phi) is 27.1. The van der Waals surface area contributed by atoms with E-state index in [0.717, 1.165) is 13.1 Å². The van der Waals surface area contributed by atoms with Crippen LogP contribution in [-0.2, 0) is 21.7 Å². The van der Waals surface area contributed by atoms with E-state index in [1.165, 1.54) is 103 Å². The van der Waals surface area contributed by atoms with Crippen molar-refractivity contribution in [1.29, 1.82) is 0 Å². The van der Waals surface area contributed by atoms with Gasteiger partial charge >= 0.3 is 0 Å². The predicted octanol–water partition coefficient (Wildman–Crippen LogP) is 7.64. The van der Waals surface area contributed by atoms with E-state index in [1.54, 1.807) is 0 Å². The van der Waals surface area contributed by atoms with Crippen LogP contribution < -0.4 is 0 Å². The minimum Gasteiger partial charge on any atom is -0.662 e. The van der Waals surface area contributed by atoms with Gasteiger partial charge in [0, 0.05) is 21.7 Å². The Morgan fingerprint density at radius 3 is 1.00 bits per heavy atom. The zero-order chi connectivity index (χ0) is 15.4. The summed E-state index contributed by atoms with van der Waals surface area (Å²) in [6.45, 7) is 6.80. The summed E-state index contributed by atoms with van der Waals surface area (Å²) in [4.78, 5) is 0. The zero-order valence-electron chi connectivity index (χ0n) is 15.7. The van der Waals surface area contributed by atoms with E-state index in [0.29, 0.717) is 0 Å². The first-order valence-electron chi connectivity index (χ1n) is 10.0. The van der Waals surface area contributed by atoms with Crippen molar-refractivity contribution in [3.05, 3.63) is 5.32 Å². The Bertz CT molecular complexity index is 155. The molecule has 0 rings (SSSR count). The van der Waals surface area contributed by atoms with E-state index < -0.39 is 0 Å². The molecule has 0 bridgehead atoms. The Morgan fingerprint density at radius 1 is 0.409 bits per heavy atom. The quantitative estimate of drug-likeness (QED) is 0.179. The van der Waals surface area contributed by atoms with Gasteiger partial charge in [0.2, 0.25) is 0 Å². The van der Waals surface area contributed by atoms with Gasteiger partial charge in [0.1, 0.15) is 0 Å². The fourth-order valence-corrected chi connectivity index (χ4v) is 2.83. The average molecular weight is 344 g/mol. The van der Waals surface area contributed by atoms with Crippen molar-refractivity contribution in [2.75, 3.05) is 13.1 Å². The fraction of sp³-hybridized carbons (Fsp3) is 1.00. The summed E-state index contributed by atoms with van der Waals surface area (Å²) in [6, 6.07) is 0. The van der Waals surface area contributed by atoms with Gasteiger partial charge in [-0.25, -0.2) is 0 Å². The largest absolute Gasteiger partial charge is 0.662 e. The summed E-state index contributed by atoms with van der Waals surface area (Å²) in [6.07, 6.45) is 22.5. The van der Waals surface area contributed by atoms with Gasteiger partial charge in [-0.15, -0.1) is 13.1 Å². The van der Waals surface area contributed by atoms with Crippen molar-refractivity contribution in [3.8, 4) is 0 Å². The Labute approximate surface area is 156 Å². The molecule has 0 heterocycles. The second kappa shape index (κ2) is 23.9. The molecule has 1 nitrogen and oxygen atoms in total. The summed E-state index contributed by atoms with van der Waals surface area (Å²) < 4.78 is 0. The van der Waals surface area contributed by atoms with Gasteiger partial charge in [0.15, 0.2) is 0 Å². The molecule has 0 aliphatic rings. The summed E-state index contributed by atoms with van der Waals surface area (Å²) in [7, 11) is 0. The maximum atomic E-state index is 4.67. The molecule has 0 aromatic carbocycles. The van der Waals surface area contributed by atoms with E-state index in [2.05, 4.69) is 19.2 Å². The third-order valence-electron chi connectivity index (χ3n) is 4.34. The van der Waals surface area contributed by atoms with Crippen LogP contribution in [0.1, 0.15) is 117 Å². The molecule has 132 valence electrons. The Morgan fingerprint density at radius 2 is 0.682 bits per heavy atom. The van der Waals surface area contributed by atoms with Gasteiger partial charge in [-0.2, -0.15) is 0 Å². The van der Waals surface area contributed by atoms with Crippen molar-refractivity contribution in [1.82, 2.24) is 0 Å². The molecule has 0 fully saturated rings. The van der Waals surface area contributed by atoms with E-state index in [-0.39, 0.29) is 21.7 Å². The van der Waals surface area contributed by atoms with Gasteiger partial charge in [-0.3, -0.25) is 0 Å². The molecule has 0 aliphatic heterocycles. The molecule has 0 amide bonds. The van der Waals surface area contributed by atoms with Gasteiger partial charge in [0.05, 0.1) is 0 Å². The summed E-state index contributed by atoms with van der Waals surface area (Å²) in [5, 5.41) is 4.67. The van der Waals surface area contributed by atoms with Gasteiger partial charge < -0.3 is 5.32 Å². The number of hydrogen-bond acceptors (Lipinski definition) is 0. The molecule has 0 unspecified atom stereocenters. The normalized spacial score (nSPS) is 10.6. The molecule has 0 aromatic heterocycles. The molecule has 0 N–H and O–H groups in total. The smallest absolute Gasteiger partial charge is 0 e. The number of hydrogen-bond donors (Lipinski definition) is 0. The molecule has 0 saturated carbocycles. The standard InChI is InChI=1S/C20H42N.Ti/c1-3-5-7-9-11-13-15-17-19-21-20-18-16-14-12-10-8-6-4-2;/h3-20H2,1-2H3;/q-1;. The Hall–Kier alpha value is 0.674. The van der Waals surface area contributed by atoms with E-state index in [1.807, 2.05) is 0 Å². The monoisotopic (exact) mass is 344 g/mol. The number of rotatable bonds is 18. The first kappa shape index (κ1) is 24.9. The van der Waals surface area contributed by atoms with Crippen LogP contribution in [0.25, 0.3) is 5.32 Å². The van der Waals surface area contributed by atoms with Crippen LogP contribution >= 0.6 is 0 Å². The Balaban J connectivity index is 0. The topological polar surface area (TPSA) is 14.1 Å². The fourth-order valence-electron chi connectivity index (χ4n) is 2.83. The molecule has 22 heavy (non-hydrogen) atoms. The van der Waals surface area contributed by atoms with Gasteiger partial charge in [-0.1, -0.05) is 117 Å². The van der Waals surface area contributed by atoms with Crippen molar-refractivity contribution < 1.29 is 21.7 Å². The third kappa shape index (κ3) is 22.9. The first-order valence-corrected chi connectivity index (χ1v) is 10.0. The molecule has 0 spiro atoms.